The molecule has 0 saturated carbocycles. The third kappa shape index (κ3) is 62.4. The van der Waals surface area contributed by atoms with E-state index in [0.29, 0.717) is 25.7 Å². The van der Waals surface area contributed by atoms with Gasteiger partial charge in [0.2, 0.25) is 0 Å². The number of aliphatic hydroxyl groups excluding tert-OH is 1. The molecule has 88 heavy (non-hydrogen) atoms. The van der Waals surface area contributed by atoms with Crippen LogP contribution in [0.3, 0.4) is 0 Å². The van der Waals surface area contributed by atoms with Crippen LogP contribution in [-0.2, 0) is 65.4 Å². The molecule has 5 atom stereocenters. The van der Waals surface area contributed by atoms with Crippen LogP contribution in [0.4, 0.5) is 0 Å². The van der Waals surface area contributed by atoms with Gasteiger partial charge in [-0.2, -0.15) is 0 Å². The predicted molar refractivity (Wildman–Crippen MR) is 354 cm³/mol. The molecule has 3 N–H and O–H groups in total. The lowest BCUT2D eigenvalue weighted by Crippen LogP contribution is -2.30. The molecule has 0 heterocycles. The first kappa shape index (κ1) is 85.5. The van der Waals surface area contributed by atoms with Crippen molar-refractivity contribution in [1.29, 1.82) is 0 Å². The topological polar surface area (TPSA) is 237 Å². The van der Waals surface area contributed by atoms with Crippen LogP contribution in [0.5, 0.6) is 0 Å². The Balaban J connectivity index is 5.22. The second kappa shape index (κ2) is 63.3. The summed E-state index contributed by atoms with van der Waals surface area (Å²) in [6.45, 7) is 4.81. The first-order chi connectivity index (χ1) is 42.7. The van der Waals surface area contributed by atoms with E-state index in [0.717, 1.165) is 122 Å². The number of hydrogen-bond donors (Lipinski definition) is 3. The highest BCUT2D eigenvalue weighted by molar-refractivity contribution is 7.47. The summed E-state index contributed by atoms with van der Waals surface area (Å²) in [5.74, 6) is -2.16. The fourth-order valence-corrected chi connectivity index (χ4v) is 11.6. The van der Waals surface area contributed by atoms with Crippen LogP contribution >= 0.6 is 15.6 Å². The SMILES string of the molecule is CCCCCC/C=C\C=C/CCCCCCCC(=O)OC[C@H](COP(=O)(O)OC[C@@H](O)COP(=O)(O)OC[C@@H](COC(=O)CCCCCCCCC)OC(=O)CCCCCCCCCCC)OC(=O)CCCCCCCCCCCCCCCCCCC. The fraction of sp³-hybridized carbons (Fsp3) is 0.884. The average molecular weight is 1290 g/mol. The normalized spacial score (nSPS) is 14.2. The molecule has 0 spiro atoms. The highest BCUT2D eigenvalue weighted by Gasteiger charge is 2.30. The maximum Gasteiger partial charge on any atom is 0.472 e. The fourth-order valence-electron chi connectivity index (χ4n) is 9.98. The molecule has 19 heteroatoms. The molecular formula is C69H130O17P2. The van der Waals surface area contributed by atoms with Crippen molar-refractivity contribution in [2.45, 2.75) is 354 Å². The molecule has 0 aromatic rings. The number of ether oxygens (including phenoxy) is 4. The van der Waals surface area contributed by atoms with E-state index in [1.165, 1.54) is 135 Å². The zero-order chi connectivity index (χ0) is 64.7. The summed E-state index contributed by atoms with van der Waals surface area (Å²) < 4.78 is 68.0. The first-order valence-electron chi connectivity index (χ1n) is 35.6. The number of esters is 4. The molecule has 0 amide bonds. The number of hydrogen-bond acceptors (Lipinski definition) is 15. The number of phosphoric ester groups is 2. The molecule has 0 fully saturated rings. The van der Waals surface area contributed by atoms with Gasteiger partial charge in [0.1, 0.15) is 19.3 Å². The zero-order valence-electron chi connectivity index (χ0n) is 56.2. The van der Waals surface area contributed by atoms with Gasteiger partial charge in [-0.25, -0.2) is 9.13 Å². The van der Waals surface area contributed by atoms with E-state index in [4.69, 9.17) is 37.0 Å². The molecule has 17 nitrogen and oxygen atoms in total. The first-order valence-corrected chi connectivity index (χ1v) is 38.6. The highest BCUT2D eigenvalue weighted by atomic mass is 31.2. The van der Waals surface area contributed by atoms with Crippen molar-refractivity contribution in [3.63, 3.8) is 0 Å². The van der Waals surface area contributed by atoms with Crippen molar-refractivity contribution in [3.8, 4) is 0 Å². The van der Waals surface area contributed by atoms with Crippen molar-refractivity contribution < 1.29 is 80.2 Å². The zero-order valence-corrected chi connectivity index (χ0v) is 58.0. The number of carbonyl (C=O) groups excluding carboxylic acids is 4. The monoisotopic (exact) mass is 1290 g/mol. The van der Waals surface area contributed by atoms with Crippen LogP contribution in [0.1, 0.15) is 336 Å². The summed E-state index contributed by atoms with van der Waals surface area (Å²) in [5, 5.41) is 10.5. The maximum absolute atomic E-state index is 13.0. The van der Waals surface area contributed by atoms with Gasteiger partial charge in [0.05, 0.1) is 26.4 Å². The minimum atomic E-state index is -4.96. The molecule has 0 saturated heterocycles. The Kier molecular flexibility index (Phi) is 61.5. The maximum atomic E-state index is 13.0. The molecule has 0 aliphatic carbocycles. The van der Waals surface area contributed by atoms with Crippen molar-refractivity contribution in [1.82, 2.24) is 0 Å². The quantitative estimate of drug-likeness (QED) is 0.0169. The summed E-state index contributed by atoms with van der Waals surface area (Å²) in [6.07, 6.45) is 53.7. The smallest absolute Gasteiger partial charge is 0.462 e. The number of rotatable bonds is 68. The third-order valence-corrected chi connectivity index (χ3v) is 17.4. The van der Waals surface area contributed by atoms with Gasteiger partial charge >= 0.3 is 39.5 Å². The van der Waals surface area contributed by atoms with Crippen LogP contribution in [0.25, 0.3) is 0 Å². The van der Waals surface area contributed by atoms with Crippen LogP contribution in [-0.4, -0.2) is 96.7 Å². The molecule has 0 aromatic heterocycles. The van der Waals surface area contributed by atoms with E-state index in [-0.39, 0.29) is 25.7 Å². The Hall–Kier alpha value is -2.46. The van der Waals surface area contributed by atoms with Gasteiger partial charge in [-0.3, -0.25) is 37.3 Å². The second-order valence-electron chi connectivity index (χ2n) is 24.2. The van der Waals surface area contributed by atoms with Gasteiger partial charge < -0.3 is 33.8 Å². The summed E-state index contributed by atoms with van der Waals surface area (Å²) in [4.78, 5) is 72.3. The van der Waals surface area contributed by atoms with Crippen LogP contribution in [0, 0.1) is 0 Å². The van der Waals surface area contributed by atoms with Gasteiger partial charge in [0.15, 0.2) is 12.2 Å². The molecule has 0 aliphatic rings. The van der Waals surface area contributed by atoms with Crippen LogP contribution < -0.4 is 0 Å². The summed E-state index contributed by atoms with van der Waals surface area (Å²) in [7, 11) is -9.90. The summed E-state index contributed by atoms with van der Waals surface area (Å²) in [5.41, 5.74) is 0. The van der Waals surface area contributed by atoms with Crippen molar-refractivity contribution >= 4 is 39.5 Å². The van der Waals surface area contributed by atoms with Crippen molar-refractivity contribution in [2.75, 3.05) is 39.6 Å². The predicted octanol–water partition coefficient (Wildman–Crippen LogP) is 19.4. The van der Waals surface area contributed by atoms with Crippen LogP contribution in [0.2, 0.25) is 0 Å². The molecule has 518 valence electrons. The van der Waals surface area contributed by atoms with E-state index in [2.05, 4.69) is 52.0 Å². The number of unbranched alkanes of at least 4 members (excludes halogenated alkanes) is 39. The van der Waals surface area contributed by atoms with Crippen LogP contribution in [0.15, 0.2) is 24.3 Å². The van der Waals surface area contributed by atoms with Gasteiger partial charge in [0.25, 0.3) is 0 Å². The molecular weight excluding hydrogens is 1160 g/mol. The minimum absolute atomic E-state index is 0.102. The molecule has 2 unspecified atom stereocenters. The lowest BCUT2D eigenvalue weighted by molar-refractivity contribution is -0.161. The third-order valence-electron chi connectivity index (χ3n) is 15.5. The largest absolute Gasteiger partial charge is 0.472 e. The highest BCUT2D eigenvalue weighted by Crippen LogP contribution is 2.45. The Morgan fingerprint density at radius 1 is 0.318 bits per heavy atom. The molecule has 0 aromatic carbocycles. The lowest BCUT2D eigenvalue weighted by Gasteiger charge is -2.21. The van der Waals surface area contributed by atoms with E-state index in [1.807, 2.05) is 0 Å². The molecule has 0 aliphatic heterocycles. The minimum Gasteiger partial charge on any atom is -0.462 e. The van der Waals surface area contributed by atoms with Crippen molar-refractivity contribution in [3.05, 3.63) is 24.3 Å². The molecule has 0 radical (unpaired) electrons. The van der Waals surface area contributed by atoms with E-state index >= 15 is 0 Å². The Labute approximate surface area is 535 Å². The molecule has 0 rings (SSSR count). The second-order valence-corrected chi connectivity index (χ2v) is 27.1. The van der Waals surface area contributed by atoms with E-state index in [9.17, 15) is 43.2 Å². The number of carbonyl (C=O) groups is 4. The Bertz CT molecular complexity index is 1780. The summed E-state index contributed by atoms with van der Waals surface area (Å²) >= 11 is 0. The standard InChI is InChI=1S/C69H130O17P2/c1-5-9-13-17-21-24-26-28-30-31-33-35-37-40-44-48-52-56-69(74)86-65(60-80-67(72)54-50-46-42-39-36-34-32-29-27-25-22-18-14-10-6-2)62-84-88(77,78)82-58-63(70)57-81-87(75,76)83-61-64(59-79-66(71)53-49-45-41-20-16-12-8-4)85-68(73)55-51-47-43-38-23-19-15-11-7-3/h25,27,29,32,63-65,70H,5-24,26,28,30-31,33-62H2,1-4H3,(H,75,76)(H,77,78)/b27-25-,32-29-/t63-,64+,65+/m0/s1. The average Bonchev–Trinajstić information content (AvgIpc) is 3.66. The Morgan fingerprint density at radius 3 is 0.830 bits per heavy atom. The summed E-state index contributed by atoms with van der Waals surface area (Å²) in [6, 6.07) is 0. The Morgan fingerprint density at radius 2 is 0.545 bits per heavy atom. The van der Waals surface area contributed by atoms with Gasteiger partial charge in [-0.05, 0) is 51.4 Å². The van der Waals surface area contributed by atoms with E-state index < -0.39 is 97.5 Å². The molecule has 0 bridgehead atoms. The number of allylic oxidation sites excluding steroid dienone is 4. The number of aliphatic hydroxyl groups is 1. The van der Waals surface area contributed by atoms with E-state index in [1.54, 1.807) is 0 Å². The van der Waals surface area contributed by atoms with Gasteiger partial charge in [-0.15, -0.1) is 0 Å². The number of phosphoric acid groups is 2. The lowest BCUT2D eigenvalue weighted by atomic mass is 10.0. The van der Waals surface area contributed by atoms with Gasteiger partial charge in [-0.1, -0.05) is 283 Å². The van der Waals surface area contributed by atoms with Gasteiger partial charge in [0, 0.05) is 25.7 Å². The van der Waals surface area contributed by atoms with Crippen molar-refractivity contribution in [2.24, 2.45) is 0 Å².